The van der Waals surface area contributed by atoms with Crippen LogP contribution in [0.2, 0.25) is 0 Å². The molecule has 82 valence electrons. The van der Waals surface area contributed by atoms with Crippen LogP contribution in [0.25, 0.3) is 0 Å². The molecule has 0 fully saturated rings. The number of hydrogen-bond donors (Lipinski definition) is 1. The summed E-state index contributed by atoms with van der Waals surface area (Å²) in [5.74, 6) is -0.208. The predicted octanol–water partition coefficient (Wildman–Crippen LogP) is 1.92. The summed E-state index contributed by atoms with van der Waals surface area (Å²) in [6.45, 7) is 3.96. The first-order valence-corrected chi connectivity index (χ1v) is 4.93. The van der Waals surface area contributed by atoms with Gasteiger partial charge in [-0.05, 0) is 17.7 Å². The molecule has 0 unspecified atom stereocenters. The fraction of sp³-hybridized carbons (Fsp3) is 0.417. The first kappa shape index (κ1) is 11.9. The minimum absolute atomic E-state index is 0.0802. The van der Waals surface area contributed by atoms with Crippen LogP contribution in [-0.2, 0) is 11.2 Å². The van der Waals surface area contributed by atoms with Crippen molar-refractivity contribution in [3.05, 3.63) is 35.6 Å². The highest BCUT2D eigenvalue weighted by Gasteiger charge is 2.25. The highest BCUT2D eigenvalue weighted by atomic mass is 19.1. The van der Waals surface area contributed by atoms with Gasteiger partial charge in [0.25, 0.3) is 0 Å². The Bertz CT molecular complexity index is 343. The molecule has 0 spiro atoms. The molecule has 0 amide bonds. The Hall–Kier alpha value is -1.22. The van der Waals surface area contributed by atoms with Crippen LogP contribution in [0.3, 0.4) is 0 Å². The zero-order valence-electron chi connectivity index (χ0n) is 9.09. The third-order valence-electron chi connectivity index (χ3n) is 2.54. The van der Waals surface area contributed by atoms with Crippen molar-refractivity contribution >= 4 is 5.78 Å². The van der Waals surface area contributed by atoms with E-state index in [1.54, 1.807) is 12.1 Å². The minimum Gasteiger partial charge on any atom is -0.329 e. The minimum atomic E-state index is -0.506. The predicted molar refractivity (Wildman–Crippen MR) is 57.9 cm³/mol. The molecule has 1 aromatic rings. The van der Waals surface area contributed by atoms with Crippen LogP contribution in [0.4, 0.5) is 4.39 Å². The summed E-state index contributed by atoms with van der Waals surface area (Å²) in [5.41, 5.74) is 5.82. The van der Waals surface area contributed by atoms with Gasteiger partial charge in [-0.2, -0.15) is 0 Å². The molecule has 2 nitrogen and oxygen atoms in total. The van der Waals surface area contributed by atoms with E-state index in [0.717, 1.165) is 5.56 Å². The second kappa shape index (κ2) is 4.53. The Morgan fingerprint density at radius 1 is 1.33 bits per heavy atom. The number of halogens is 1. The quantitative estimate of drug-likeness (QED) is 0.823. The summed E-state index contributed by atoms with van der Waals surface area (Å²) in [4.78, 5) is 11.8. The number of carbonyl (C=O) groups is 1. The zero-order chi connectivity index (χ0) is 11.5. The van der Waals surface area contributed by atoms with Gasteiger partial charge in [0.1, 0.15) is 11.6 Å². The average Bonchev–Trinajstić information content (AvgIpc) is 2.21. The third kappa shape index (κ3) is 3.13. The Balaban J connectivity index is 2.71. The maximum absolute atomic E-state index is 12.6. The van der Waals surface area contributed by atoms with Gasteiger partial charge in [-0.15, -0.1) is 0 Å². The van der Waals surface area contributed by atoms with E-state index in [-0.39, 0.29) is 11.6 Å². The monoisotopic (exact) mass is 209 g/mol. The first-order chi connectivity index (χ1) is 6.95. The molecule has 0 aliphatic heterocycles. The molecule has 1 aromatic carbocycles. The van der Waals surface area contributed by atoms with Gasteiger partial charge in [-0.25, -0.2) is 4.39 Å². The second-order valence-corrected chi connectivity index (χ2v) is 4.31. The van der Waals surface area contributed by atoms with Gasteiger partial charge in [-0.3, -0.25) is 4.79 Å². The number of benzene rings is 1. The van der Waals surface area contributed by atoms with Gasteiger partial charge in [-0.1, -0.05) is 26.0 Å². The van der Waals surface area contributed by atoms with Gasteiger partial charge < -0.3 is 5.73 Å². The summed E-state index contributed by atoms with van der Waals surface area (Å²) >= 11 is 0. The van der Waals surface area contributed by atoms with E-state index in [1.165, 1.54) is 12.1 Å². The van der Waals surface area contributed by atoms with Crippen molar-refractivity contribution in [1.82, 2.24) is 0 Å². The highest BCUT2D eigenvalue weighted by Crippen LogP contribution is 2.17. The van der Waals surface area contributed by atoms with E-state index in [4.69, 9.17) is 5.73 Å². The van der Waals surface area contributed by atoms with Crippen LogP contribution in [-0.4, -0.2) is 12.3 Å². The van der Waals surface area contributed by atoms with Gasteiger partial charge in [0.15, 0.2) is 0 Å². The van der Waals surface area contributed by atoms with Crippen molar-refractivity contribution in [3.8, 4) is 0 Å². The second-order valence-electron chi connectivity index (χ2n) is 4.31. The van der Waals surface area contributed by atoms with Crippen LogP contribution < -0.4 is 5.73 Å². The molecule has 0 bridgehead atoms. The van der Waals surface area contributed by atoms with E-state index >= 15 is 0 Å². The van der Waals surface area contributed by atoms with Crippen molar-refractivity contribution in [3.63, 3.8) is 0 Å². The average molecular weight is 209 g/mol. The van der Waals surface area contributed by atoms with Crippen molar-refractivity contribution in [2.24, 2.45) is 11.1 Å². The lowest BCUT2D eigenvalue weighted by Crippen LogP contribution is -2.33. The molecule has 0 heterocycles. The van der Waals surface area contributed by atoms with Crippen molar-refractivity contribution in [2.45, 2.75) is 20.3 Å². The SMILES string of the molecule is CC(C)(CN)C(=O)Cc1ccc(F)cc1. The summed E-state index contributed by atoms with van der Waals surface area (Å²) in [7, 11) is 0. The van der Waals surface area contributed by atoms with E-state index < -0.39 is 5.41 Å². The molecular formula is C12H16FNO. The van der Waals surface area contributed by atoms with Gasteiger partial charge >= 0.3 is 0 Å². The largest absolute Gasteiger partial charge is 0.329 e. The lowest BCUT2D eigenvalue weighted by molar-refractivity contribution is -0.125. The van der Waals surface area contributed by atoms with Crippen LogP contribution in [0.15, 0.2) is 24.3 Å². The topological polar surface area (TPSA) is 43.1 Å². The van der Waals surface area contributed by atoms with Crippen LogP contribution in [0, 0.1) is 11.2 Å². The molecule has 1 rings (SSSR count). The summed E-state index contributed by atoms with van der Waals surface area (Å²) < 4.78 is 12.6. The third-order valence-corrected chi connectivity index (χ3v) is 2.54. The van der Waals surface area contributed by atoms with Crippen molar-refractivity contribution < 1.29 is 9.18 Å². The molecule has 0 saturated carbocycles. The smallest absolute Gasteiger partial charge is 0.144 e. The molecular weight excluding hydrogens is 193 g/mol. The number of carbonyl (C=O) groups excluding carboxylic acids is 1. The van der Waals surface area contributed by atoms with Crippen molar-refractivity contribution in [2.75, 3.05) is 6.54 Å². The fourth-order valence-electron chi connectivity index (χ4n) is 1.14. The Morgan fingerprint density at radius 3 is 2.33 bits per heavy atom. The lowest BCUT2D eigenvalue weighted by Gasteiger charge is -2.20. The number of nitrogens with two attached hydrogens (primary N) is 1. The normalized spacial score (nSPS) is 11.5. The van der Waals surface area contributed by atoms with Gasteiger partial charge in [0, 0.05) is 18.4 Å². The number of hydrogen-bond acceptors (Lipinski definition) is 2. The van der Waals surface area contributed by atoms with E-state index in [0.29, 0.717) is 13.0 Å². The van der Waals surface area contributed by atoms with Crippen molar-refractivity contribution in [1.29, 1.82) is 0 Å². The van der Waals surface area contributed by atoms with E-state index in [1.807, 2.05) is 13.8 Å². The van der Waals surface area contributed by atoms with Gasteiger partial charge in [0.05, 0.1) is 0 Å². The molecule has 0 aromatic heterocycles. The molecule has 0 saturated heterocycles. The van der Waals surface area contributed by atoms with Crippen LogP contribution in [0.1, 0.15) is 19.4 Å². The fourth-order valence-corrected chi connectivity index (χ4v) is 1.14. The summed E-state index contributed by atoms with van der Waals surface area (Å²) in [6.07, 6.45) is 0.310. The van der Waals surface area contributed by atoms with E-state index in [2.05, 4.69) is 0 Å². The van der Waals surface area contributed by atoms with Gasteiger partial charge in [0.2, 0.25) is 0 Å². The molecule has 0 radical (unpaired) electrons. The molecule has 3 heteroatoms. The Morgan fingerprint density at radius 2 is 1.87 bits per heavy atom. The molecule has 0 aliphatic carbocycles. The number of ketones is 1. The van der Waals surface area contributed by atoms with E-state index in [9.17, 15) is 9.18 Å². The summed E-state index contributed by atoms with van der Waals surface area (Å²) in [6, 6.07) is 5.97. The molecule has 0 aliphatic rings. The molecule has 0 atom stereocenters. The standard InChI is InChI=1S/C12H16FNO/c1-12(2,8-14)11(15)7-9-3-5-10(13)6-4-9/h3-6H,7-8,14H2,1-2H3. The number of rotatable bonds is 4. The Labute approximate surface area is 89.3 Å². The van der Waals surface area contributed by atoms with Crippen LogP contribution >= 0.6 is 0 Å². The maximum Gasteiger partial charge on any atom is 0.144 e. The zero-order valence-corrected chi connectivity index (χ0v) is 9.09. The molecule has 15 heavy (non-hydrogen) atoms. The first-order valence-electron chi connectivity index (χ1n) is 4.93. The van der Waals surface area contributed by atoms with Crippen LogP contribution in [0.5, 0.6) is 0 Å². The Kier molecular flexibility index (Phi) is 3.58. The lowest BCUT2D eigenvalue weighted by atomic mass is 9.85. The molecule has 2 N–H and O–H groups in total. The summed E-state index contributed by atoms with van der Waals surface area (Å²) in [5, 5.41) is 0. The maximum atomic E-state index is 12.6. The highest BCUT2D eigenvalue weighted by molar-refractivity contribution is 5.86. The number of Topliss-reactive ketones (excluding diaryl/α,β-unsaturated/α-hetero) is 1.